The molecule has 2 aromatic carbocycles. The van der Waals surface area contributed by atoms with Crippen LogP contribution in [0.4, 0.5) is 10.1 Å². The summed E-state index contributed by atoms with van der Waals surface area (Å²) in [6, 6.07) is 9.06. The lowest BCUT2D eigenvalue weighted by molar-refractivity contribution is 0.0951. The molecule has 2 aromatic rings. The molecule has 0 aliphatic heterocycles. The lowest BCUT2D eigenvalue weighted by atomic mass is 10.1. The molecule has 0 heterocycles. The number of nitrogens with one attached hydrogen (secondary N) is 1. The summed E-state index contributed by atoms with van der Waals surface area (Å²) >= 11 is 5.68. The Hall–Kier alpha value is -2.27. The van der Waals surface area contributed by atoms with E-state index in [0.29, 0.717) is 22.6 Å². The first-order chi connectivity index (χ1) is 10.0. The second-order valence-electron chi connectivity index (χ2n) is 4.39. The van der Waals surface area contributed by atoms with E-state index in [-0.39, 0.29) is 17.5 Å². The second-order valence-corrected chi connectivity index (χ2v) is 4.80. The minimum absolute atomic E-state index is 0.0236. The number of ether oxygens (including phenoxy) is 1. The van der Waals surface area contributed by atoms with Gasteiger partial charge in [-0.3, -0.25) is 4.79 Å². The molecule has 0 saturated heterocycles. The van der Waals surface area contributed by atoms with E-state index in [1.54, 1.807) is 18.2 Å². The van der Waals surface area contributed by atoms with Gasteiger partial charge in [-0.05, 0) is 35.9 Å². The summed E-state index contributed by atoms with van der Waals surface area (Å²) in [5.41, 5.74) is 7.26. The first-order valence-electron chi connectivity index (χ1n) is 6.17. The summed E-state index contributed by atoms with van der Waals surface area (Å²) in [6.45, 7) is 0.241. The van der Waals surface area contributed by atoms with Crippen molar-refractivity contribution in [2.45, 2.75) is 6.54 Å². The normalized spacial score (nSPS) is 10.2. The third-order valence-corrected chi connectivity index (χ3v) is 3.22. The summed E-state index contributed by atoms with van der Waals surface area (Å²) in [7, 11) is 1.50. The number of carbonyl (C=O) groups is 1. The van der Waals surface area contributed by atoms with Crippen LogP contribution in [0.3, 0.4) is 0 Å². The molecule has 0 unspecified atom stereocenters. The van der Waals surface area contributed by atoms with Gasteiger partial charge in [-0.1, -0.05) is 17.7 Å². The molecule has 0 aromatic heterocycles. The van der Waals surface area contributed by atoms with Gasteiger partial charge >= 0.3 is 0 Å². The number of hydrogen-bond acceptors (Lipinski definition) is 3. The number of nitrogens with two attached hydrogens (primary N) is 1. The van der Waals surface area contributed by atoms with Gasteiger partial charge in [-0.2, -0.15) is 0 Å². The van der Waals surface area contributed by atoms with Crippen molar-refractivity contribution < 1.29 is 13.9 Å². The Labute approximate surface area is 126 Å². The first-order valence-corrected chi connectivity index (χ1v) is 6.54. The number of carbonyl (C=O) groups excluding carboxylic acids is 1. The van der Waals surface area contributed by atoms with Crippen LogP contribution in [0.2, 0.25) is 5.02 Å². The van der Waals surface area contributed by atoms with Crippen LogP contribution in [0.1, 0.15) is 15.9 Å². The van der Waals surface area contributed by atoms with Gasteiger partial charge in [0.25, 0.3) is 5.91 Å². The van der Waals surface area contributed by atoms with Crippen molar-refractivity contribution >= 4 is 23.2 Å². The summed E-state index contributed by atoms with van der Waals surface area (Å²) in [5.74, 6) is -0.267. The van der Waals surface area contributed by atoms with E-state index >= 15 is 0 Å². The molecule has 4 nitrogen and oxygen atoms in total. The van der Waals surface area contributed by atoms with Crippen molar-refractivity contribution in [1.82, 2.24) is 5.32 Å². The highest BCUT2D eigenvalue weighted by molar-refractivity contribution is 6.30. The molecular weight excluding hydrogens is 295 g/mol. The van der Waals surface area contributed by atoms with E-state index in [0.717, 1.165) is 0 Å². The third kappa shape index (κ3) is 3.64. The number of anilines is 1. The van der Waals surface area contributed by atoms with Gasteiger partial charge in [-0.25, -0.2) is 4.39 Å². The molecule has 3 N–H and O–H groups in total. The van der Waals surface area contributed by atoms with Crippen LogP contribution in [0.25, 0.3) is 0 Å². The van der Waals surface area contributed by atoms with Gasteiger partial charge in [-0.15, -0.1) is 0 Å². The van der Waals surface area contributed by atoms with Crippen molar-refractivity contribution in [2.75, 3.05) is 12.8 Å². The fraction of sp³-hybridized carbons (Fsp3) is 0.133. The summed E-state index contributed by atoms with van der Waals surface area (Å²) in [6.07, 6.45) is 0. The van der Waals surface area contributed by atoms with E-state index in [1.165, 1.54) is 25.3 Å². The molecule has 0 bridgehead atoms. The van der Waals surface area contributed by atoms with Crippen LogP contribution in [-0.4, -0.2) is 13.0 Å². The average molecular weight is 309 g/mol. The Bertz CT molecular complexity index is 677. The number of nitrogen functional groups attached to an aromatic ring is 1. The van der Waals surface area contributed by atoms with E-state index in [4.69, 9.17) is 22.1 Å². The first kappa shape index (κ1) is 15.1. The molecule has 6 heteroatoms. The van der Waals surface area contributed by atoms with E-state index < -0.39 is 5.82 Å². The third-order valence-electron chi connectivity index (χ3n) is 2.93. The van der Waals surface area contributed by atoms with Crippen molar-refractivity contribution in [3.05, 3.63) is 58.4 Å². The number of halogens is 2. The van der Waals surface area contributed by atoms with Gasteiger partial charge in [0.1, 0.15) is 11.6 Å². The molecule has 0 atom stereocenters. The van der Waals surface area contributed by atoms with Crippen LogP contribution < -0.4 is 15.8 Å². The Morgan fingerprint density at radius 1 is 1.33 bits per heavy atom. The average Bonchev–Trinajstić information content (AvgIpc) is 2.48. The van der Waals surface area contributed by atoms with Crippen LogP contribution in [0.15, 0.2) is 36.4 Å². The van der Waals surface area contributed by atoms with E-state index in [9.17, 15) is 9.18 Å². The van der Waals surface area contributed by atoms with E-state index in [2.05, 4.69) is 5.32 Å². The maximum atomic E-state index is 13.0. The van der Waals surface area contributed by atoms with Crippen molar-refractivity contribution in [3.8, 4) is 5.75 Å². The molecular formula is C15H14ClFN2O2. The SMILES string of the molecule is COc1ccc(C(=O)NCc2ccc(F)c(Cl)c2)cc1N. The Balaban J connectivity index is 2.04. The molecule has 1 amide bonds. The van der Waals surface area contributed by atoms with Crippen molar-refractivity contribution in [3.63, 3.8) is 0 Å². The lowest BCUT2D eigenvalue weighted by Gasteiger charge is -2.08. The zero-order chi connectivity index (χ0) is 15.4. The van der Waals surface area contributed by atoms with Crippen molar-refractivity contribution in [1.29, 1.82) is 0 Å². The highest BCUT2D eigenvalue weighted by Crippen LogP contribution is 2.22. The quantitative estimate of drug-likeness (QED) is 0.853. The highest BCUT2D eigenvalue weighted by Gasteiger charge is 2.09. The highest BCUT2D eigenvalue weighted by atomic mass is 35.5. The lowest BCUT2D eigenvalue weighted by Crippen LogP contribution is -2.22. The molecule has 0 saturated carbocycles. The molecule has 0 fully saturated rings. The smallest absolute Gasteiger partial charge is 0.251 e. The van der Waals surface area contributed by atoms with Gasteiger partial charge in [0.05, 0.1) is 17.8 Å². The molecule has 0 radical (unpaired) electrons. The minimum atomic E-state index is -0.491. The zero-order valence-corrected chi connectivity index (χ0v) is 12.1. The largest absolute Gasteiger partial charge is 0.495 e. The van der Waals surface area contributed by atoms with Gasteiger partial charge in [0.2, 0.25) is 0 Å². The Morgan fingerprint density at radius 2 is 2.10 bits per heavy atom. The minimum Gasteiger partial charge on any atom is -0.495 e. The van der Waals surface area contributed by atoms with Gasteiger partial charge in [0.15, 0.2) is 0 Å². The summed E-state index contributed by atoms with van der Waals surface area (Å²) < 4.78 is 18.1. The molecule has 0 aliphatic carbocycles. The fourth-order valence-electron chi connectivity index (χ4n) is 1.81. The molecule has 110 valence electrons. The number of hydrogen-bond donors (Lipinski definition) is 2. The monoisotopic (exact) mass is 308 g/mol. The Kier molecular flexibility index (Phi) is 4.65. The number of methoxy groups -OCH3 is 1. The van der Waals surface area contributed by atoms with Crippen LogP contribution in [0, 0.1) is 5.82 Å². The maximum absolute atomic E-state index is 13.0. The molecule has 0 spiro atoms. The number of amides is 1. The summed E-state index contributed by atoms with van der Waals surface area (Å²) in [5, 5.41) is 2.73. The standard InChI is InChI=1S/C15H14ClFN2O2/c1-21-14-5-3-10(7-13(14)18)15(20)19-8-9-2-4-12(17)11(16)6-9/h2-7H,8,18H2,1H3,(H,19,20). The van der Waals surface area contributed by atoms with Crippen molar-refractivity contribution in [2.24, 2.45) is 0 Å². The van der Waals surface area contributed by atoms with E-state index in [1.807, 2.05) is 0 Å². The maximum Gasteiger partial charge on any atom is 0.251 e. The van der Waals surface area contributed by atoms with Crippen LogP contribution in [-0.2, 0) is 6.54 Å². The fourth-order valence-corrected chi connectivity index (χ4v) is 2.01. The molecule has 21 heavy (non-hydrogen) atoms. The van der Waals surface area contributed by atoms with Gasteiger partial charge in [0, 0.05) is 12.1 Å². The predicted octanol–water partition coefficient (Wildman–Crippen LogP) is 3.00. The van der Waals surface area contributed by atoms with Gasteiger partial charge < -0.3 is 15.8 Å². The number of rotatable bonds is 4. The topological polar surface area (TPSA) is 64.3 Å². The van der Waals surface area contributed by atoms with Crippen LogP contribution >= 0.6 is 11.6 Å². The second kappa shape index (κ2) is 6.45. The van der Waals surface area contributed by atoms with Crippen LogP contribution in [0.5, 0.6) is 5.75 Å². The number of benzene rings is 2. The summed E-state index contributed by atoms with van der Waals surface area (Å²) in [4.78, 5) is 12.0. The predicted molar refractivity (Wildman–Crippen MR) is 80.0 cm³/mol. The zero-order valence-electron chi connectivity index (χ0n) is 11.3. The Morgan fingerprint density at radius 3 is 2.71 bits per heavy atom. The molecule has 0 aliphatic rings. The molecule has 2 rings (SSSR count).